The highest BCUT2D eigenvalue weighted by Crippen LogP contribution is 2.12. The Labute approximate surface area is 158 Å². The van der Waals surface area contributed by atoms with Crippen LogP contribution in [0.1, 0.15) is 20.3 Å². The molecule has 23 heavy (non-hydrogen) atoms. The average Bonchev–Trinajstić information content (AvgIpc) is 2.96. The zero-order chi connectivity index (χ0) is 15.8. The van der Waals surface area contributed by atoms with Gasteiger partial charge in [0.2, 0.25) is 0 Å². The standard InChI is InChI=1S/C16H33N5O.HI/c1-4-17-16(19-12-15-5-6-20(3)13-15)18-11-14(2)21-7-9-22-10-8-21;/h14-15H,4-13H2,1-3H3,(H2,17,18,19);1H. The quantitative estimate of drug-likeness (QED) is 0.365. The van der Waals surface area contributed by atoms with Crippen molar-refractivity contribution in [3.05, 3.63) is 0 Å². The fourth-order valence-electron chi connectivity index (χ4n) is 3.13. The Hall–Kier alpha value is -0.120. The predicted molar refractivity (Wildman–Crippen MR) is 107 cm³/mol. The molecule has 0 amide bonds. The fourth-order valence-corrected chi connectivity index (χ4v) is 3.13. The van der Waals surface area contributed by atoms with Gasteiger partial charge in [-0.15, -0.1) is 24.0 Å². The Bertz CT molecular complexity index is 349. The molecule has 2 saturated heterocycles. The van der Waals surface area contributed by atoms with Crippen molar-refractivity contribution < 1.29 is 4.74 Å². The largest absolute Gasteiger partial charge is 0.379 e. The van der Waals surface area contributed by atoms with Crippen LogP contribution < -0.4 is 10.6 Å². The molecule has 0 aromatic carbocycles. The summed E-state index contributed by atoms with van der Waals surface area (Å²) in [4.78, 5) is 9.63. The second kappa shape index (κ2) is 11.4. The van der Waals surface area contributed by atoms with Gasteiger partial charge in [-0.3, -0.25) is 9.89 Å². The number of ether oxygens (including phenoxy) is 1. The minimum Gasteiger partial charge on any atom is -0.379 e. The third-order valence-electron chi connectivity index (χ3n) is 4.57. The summed E-state index contributed by atoms with van der Waals surface area (Å²) in [5.74, 6) is 1.70. The van der Waals surface area contributed by atoms with Gasteiger partial charge in [0.25, 0.3) is 0 Å². The maximum absolute atomic E-state index is 5.41. The second-order valence-corrected chi connectivity index (χ2v) is 6.51. The Morgan fingerprint density at radius 3 is 2.61 bits per heavy atom. The van der Waals surface area contributed by atoms with Crippen LogP contribution in [0.25, 0.3) is 0 Å². The number of aliphatic imine (C=N–C) groups is 1. The van der Waals surface area contributed by atoms with Gasteiger partial charge in [-0.2, -0.15) is 0 Å². The number of morpholine rings is 1. The average molecular weight is 439 g/mol. The first kappa shape index (κ1) is 20.9. The Morgan fingerprint density at radius 2 is 2.00 bits per heavy atom. The van der Waals surface area contributed by atoms with Gasteiger partial charge in [-0.1, -0.05) is 0 Å². The minimum atomic E-state index is 0. The molecule has 0 aromatic rings. The third kappa shape index (κ3) is 7.53. The molecule has 2 aliphatic rings. The lowest BCUT2D eigenvalue weighted by Crippen LogP contribution is -2.45. The van der Waals surface area contributed by atoms with Crippen molar-refractivity contribution in [2.24, 2.45) is 10.9 Å². The number of hydrogen-bond donors (Lipinski definition) is 2. The van der Waals surface area contributed by atoms with Gasteiger partial charge in [0.1, 0.15) is 0 Å². The van der Waals surface area contributed by atoms with Crippen molar-refractivity contribution in [2.75, 3.05) is 66.1 Å². The summed E-state index contributed by atoms with van der Waals surface area (Å²) in [5, 5.41) is 6.87. The van der Waals surface area contributed by atoms with Crippen LogP contribution in [0.15, 0.2) is 4.99 Å². The zero-order valence-electron chi connectivity index (χ0n) is 14.9. The first-order valence-electron chi connectivity index (χ1n) is 8.71. The van der Waals surface area contributed by atoms with E-state index >= 15 is 0 Å². The number of hydrogen-bond acceptors (Lipinski definition) is 4. The normalized spacial score (nSPS) is 25.0. The van der Waals surface area contributed by atoms with Gasteiger partial charge in [0, 0.05) is 38.8 Å². The van der Waals surface area contributed by atoms with E-state index in [1.54, 1.807) is 0 Å². The molecule has 2 rings (SSSR count). The summed E-state index contributed by atoms with van der Waals surface area (Å²) in [6, 6.07) is 0.469. The highest BCUT2D eigenvalue weighted by atomic mass is 127. The van der Waals surface area contributed by atoms with Crippen molar-refractivity contribution in [3.63, 3.8) is 0 Å². The number of likely N-dealkylation sites (tertiary alicyclic amines) is 1. The van der Waals surface area contributed by atoms with E-state index in [4.69, 9.17) is 9.73 Å². The summed E-state index contributed by atoms with van der Waals surface area (Å²) < 4.78 is 5.41. The molecule has 7 heteroatoms. The summed E-state index contributed by atoms with van der Waals surface area (Å²) in [6.07, 6.45) is 1.28. The highest BCUT2D eigenvalue weighted by Gasteiger charge is 2.20. The molecule has 136 valence electrons. The monoisotopic (exact) mass is 439 g/mol. The van der Waals surface area contributed by atoms with Gasteiger partial charge in [0.15, 0.2) is 5.96 Å². The van der Waals surface area contributed by atoms with Crippen molar-refractivity contribution in [3.8, 4) is 0 Å². The summed E-state index contributed by atoms with van der Waals surface area (Å²) in [7, 11) is 2.20. The molecule has 0 aliphatic carbocycles. The lowest BCUT2D eigenvalue weighted by molar-refractivity contribution is 0.0220. The maximum Gasteiger partial charge on any atom is 0.191 e. The SMILES string of the molecule is CCNC(=NCC(C)N1CCOCC1)NCC1CCN(C)C1.I. The zero-order valence-corrected chi connectivity index (χ0v) is 17.2. The van der Waals surface area contributed by atoms with Gasteiger partial charge >= 0.3 is 0 Å². The van der Waals surface area contributed by atoms with Crippen LogP contribution in [0.5, 0.6) is 0 Å². The third-order valence-corrected chi connectivity index (χ3v) is 4.57. The van der Waals surface area contributed by atoms with Crippen molar-refractivity contribution in [2.45, 2.75) is 26.3 Å². The molecule has 0 bridgehead atoms. The second-order valence-electron chi connectivity index (χ2n) is 6.51. The number of rotatable bonds is 6. The van der Waals surface area contributed by atoms with Gasteiger partial charge < -0.3 is 20.3 Å². The van der Waals surface area contributed by atoms with E-state index in [9.17, 15) is 0 Å². The molecule has 6 nitrogen and oxygen atoms in total. The molecule has 0 spiro atoms. The molecule has 2 N–H and O–H groups in total. The molecular formula is C16H34IN5O. The van der Waals surface area contributed by atoms with Crippen LogP contribution in [0.2, 0.25) is 0 Å². The first-order chi connectivity index (χ1) is 10.7. The molecule has 0 saturated carbocycles. The van der Waals surface area contributed by atoms with E-state index in [1.807, 2.05) is 0 Å². The molecular weight excluding hydrogens is 405 g/mol. The van der Waals surface area contributed by atoms with E-state index in [0.29, 0.717) is 6.04 Å². The molecule has 2 heterocycles. The Kier molecular flexibility index (Phi) is 10.4. The van der Waals surface area contributed by atoms with Crippen LogP contribution in [-0.2, 0) is 4.74 Å². The molecule has 2 atom stereocenters. The number of halogens is 1. The Morgan fingerprint density at radius 1 is 1.26 bits per heavy atom. The number of nitrogens with one attached hydrogen (secondary N) is 2. The van der Waals surface area contributed by atoms with Crippen LogP contribution >= 0.6 is 24.0 Å². The Balaban J connectivity index is 0.00000264. The van der Waals surface area contributed by atoms with Crippen molar-refractivity contribution in [1.82, 2.24) is 20.4 Å². The van der Waals surface area contributed by atoms with E-state index in [0.717, 1.165) is 57.8 Å². The minimum absolute atomic E-state index is 0. The van der Waals surface area contributed by atoms with Crippen molar-refractivity contribution >= 4 is 29.9 Å². The number of guanidine groups is 1. The maximum atomic E-state index is 5.41. The molecule has 2 fully saturated rings. The van der Waals surface area contributed by atoms with E-state index in [1.165, 1.54) is 19.5 Å². The highest BCUT2D eigenvalue weighted by molar-refractivity contribution is 14.0. The van der Waals surface area contributed by atoms with E-state index in [2.05, 4.69) is 41.3 Å². The first-order valence-corrected chi connectivity index (χ1v) is 8.71. The van der Waals surface area contributed by atoms with Crippen LogP contribution in [0, 0.1) is 5.92 Å². The lowest BCUT2D eigenvalue weighted by atomic mass is 10.1. The molecule has 0 radical (unpaired) electrons. The molecule has 2 aliphatic heterocycles. The smallest absolute Gasteiger partial charge is 0.191 e. The molecule has 0 aromatic heterocycles. The lowest BCUT2D eigenvalue weighted by Gasteiger charge is -2.31. The topological polar surface area (TPSA) is 52.1 Å². The van der Waals surface area contributed by atoms with Crippen molar-refractivity contribution in [1.29, 1.82) is 0 Å². The van der Waals surface area contributed by atoms with Gasteiger partial charge in [-0.05, 0) is 39.8 Å². The summed E-state index contributed by atoms with van der Waals surface area (Å²) in [6.45, 7) is 13.3. The predicted octanol–water partition coefficient (Wildman–Crippen LogP) is 0.832. The van der Waals surface area contributed by atoms with Gasteiger partial charge in [-0.25, -0.2) is 0 Å². The van der Waals surface area contributed by atoms with Crippen LogP contribution in [0.3, 0.4) is 0 Å². The van der Waals surface area contributed by atoms with E-state index in [-0.39, 0.29) is 24.0 Å². The summed E-state index contributed by atoms with van der Waals surface area (Å²) in [5.41, 5.74) is 0. The molecule has 2 unspecified atom stereocenters. The van der Waals surface area contributed by atoms with Gasteiger partial charge in [0.05, 0.1) is 19.8 Å². The van der Waals surface area contributed by atoms with E-state index < -0.39 is 0 Å². The van der Waals surface area contributed by atoms with Crippen LogP contribution in [0.4, 0.5) is 0 Å². The summed E-state index contributed by atoms with van der Waals surface area (Å²) >= 11 is 0. The van der Waals surface area contributed by atoms with Crippen LogP contribution in [-0.4, -0.2) is 87.9 Å². The fraction of sp³-hybridized carbons (Fsp3) is 0.938. The number of nitrogens with zero attached hydrogens (tertiary/aromatic N) is 3.